The fraction of sp³-hybridized carbons (Fsp3) is 1.00. The van der Waals surface area contributed by atoms with Crippen LogP contribution in [-0.4, -0.2) is 18.1 Å². The van der Waals surface area contributed by atoms with Crippen molar-refractivity contribution in [2.45, 2.75) is 13.8 Å². The van der Waals surface area contributed by atoms with E-state index in [0.717, 1.165) is 6.54 Å². The molecule has 3 N–H and O–H groups in total. The lowest BCUT2D eigenvalue weighted by molar-refractivity contribution is -0.543. The standard InChI is InChI=1S/C2H6N2O2.C2H7N/c1-2-3-4(5)6;1-2-3/h3H,2H2,1H3;2-3H2,1H3. The van der Waals surface area contributed by atoms with E-state index in [1.807, 2.05) is 12.3 Å². The minimum Gasteiger partial charge on any atom is -0.331 e. The number of hydrogen-bond acceptors (Lipinski definition) is 3. The van der Waals surface area contributed by atoms with Crippen LogP contribution >= 0.6 is 0 Å². The van der Waals surface area contributed by atoms with Crippen molar-refractivity contribution in [2.75, 3.05) is 13.1 Å². The molecule has 0 heterocycles. The van der Waals surface area contributed by atoms with Gasteiger partial charge >= 0.3 is 0 Å². The van der Waals surface area contributed by atoms with Crippen LogP contribution in [0, 0.1) is 10.1 Å². The number of nitrogens with zero attached hydrogens (tertiary/aromatic N) is 1. The third-order valence-corrected chi connectivity index (χ3v) is 0.287. The Hall–Kier alpha value is -0.840. The van der Waals surface area contributed by atoms with Gasteiger partial charge in [0.05, 0.1) is 6.54 Å². The molecule has 0 aliphatic rings. The topological polar surface area (TPSA) is 81.2 Å². The van der Waals surface area contributed by atoms with Gasteiger partial charge < -0.3 is 5.73 Å². The summed E-state index contributed by atoms with van der Waals surface area (Å²) >= 11 is 0. The zero-order valence-electron chi connectivity index (χ0n) is 5.76. The lowest BCUT2D eigenvalue weighted by atomic mass is 10.8. The Morgan fingerprint density at radius 1 is 1.67 bits per heavy atom. The normalized spacial score (nSPS) is 7.00. The van der Waals surface area contributed by atoms with E-state index in [2.05, 4.69) is 0 Å². The minimum atomic E-state index is -0.569. The van der Waals surface area contributed by atoms with E-state index in [1.165, 1.54) is 0 Å². The van der Waals surface area contributed by atoms with Gasteiger partial charge in [0.2, 0.25) is 0 Å². The first-order chi connectivity index (χ1) is 4.18. The van der Waals surface area contributed by atoms with Gasteiger partial charge in [0.1, 0.15) is 0 Å². The van der Waals surface area contributed by atoms with Gasteiger partial charge in [-0.2, -0.15) is 0 Å². The maximum Gasteiger partial charge on any atom is 0.157 e. The van der Waals surface area contributed by atoms with E-state index in [1.54, 1.807) is 6.92 Å². The van der Waals surface area contributed by atoms with E-state index < -0.39 is 5.03 Å². The number of nitro groups is 1. The summed E-state index contributed by atoms with van der Waals surface area (Å²) in [7, 11) is 0. The molecule has 0 aromatic carbocycles. The van der Waals surface area contributed by atoms with Gasteiger partial charge in [-0.25, -0.2) is 10.1 Å². The van der Waals surface area contributed by atoms with Gasteiger partial charge in [-0.15, -0.1) is 5.43 Å². The highest BCUT2D eigenvalue weighted by molar-refractivity contribution is 4.11. The van der Waals surface area contributed by atoms with Gasteiger partial charge in [-0.3, -0.25) is 0 Å². The average Bonchev–Trinajstić information content (AvgIpc) is 1.67. The molecule has 0 atom stereocenters. The van der Waals surface area contributed by atoms with E-state index >= 15 is 0 Å². The molecule has 0 saturated carbocycles. The summed E-state index contributed by atoms with van der Waals surface area (Å²) in [6, 6.07) is 0. The van der Waals surface area contributed by atoms with Crippen LogP contribution in [0.3, 0.4) is 0 Å². The zero-order valence-corrected chi connectivity index (χ0v) is 5.76. The Kier molecular flexibility index (Phi) is 12.5. The molecule has 0 aliphatic heterocycles. The van der Waals surface area contributed by atoms with Crippen LogP contribution in [0.15, 0.2) is 0 Å². The molecule has 0 rings (SSSR count). The van der Waals surface area contributed by atoms with Gasteiger partial charge in [0, 0.05) is 0 Å². The first-order valence-electron chi connectivity index (χ1n) is 2.76. The highest BCUT2D eigenvalue weighted by Crippen LogP contribution is 1.51. The summed E-state index contributed by atoms with van der Waals surface area (Å²) in [4.78, 5) is 9.29. The van der Waals surface area contributed by atoms with E-state index in [9.17, 15) is 10.1 Å². The van der Waals surface area contributed by atoms with Crippen molar-refractivity contribution in [1.29, 1.82) is 0 Å². The predicted octanol–water partition coefficient (Wildman–Crippen LogP) is -0.247. The molecule has 0 fully saturated rings. The third kappa shape index (κ3) is 40.9. The summed E-state index contributed by atoms with van der Waals surface area (Å²) in [6.07, 6.45) is 0. The Labute approximate surface area is 54.4 Å². The SMILES string of the molecule is CCN.CCN[N+](=O)[O-]. The van der Waals surface area contributed by atoms with Gasteiger partial charge in [0.15, 0.2) is 5.03 Å². The second kappa shape index (κ2) is 10.2. The third-order valence-electron chi connectivity index (χ3n) is 0.287. The maximum absolute atomic E-state index is 9.29. The summed E-state index contributed by atoms with van der Waals surface area (Å²) in [5.41, 5.74) is 6.78. The molecule has 0 bridgehead atoms. The maximum atomic E-state index is 9.29. The van der Waals surface area contributed by atoms with Crippen molar-refractivity contribution in [3.8, 4) is 0 Å². The number of hydrogen-bond donors (Lipinski definition) is 2. The summed E-state index contributed by atoms with van der Waals surface area (Å²) < 4.78 is 0. The highest BCUT2D eigenvalue weighted by atomic mass is 16.7. The van der Waals surface area contributed by atoms with Crippen LogP contribution in [0.2, 0.25) is 0 Å². The predicted molar refractivity (Wildman–Crippen MR) is 35.4 cm³/mol. The lowest BCUT2D eigenvalue weighted by Gasteiger charge is -1.83. The number of rotatable bonds is 2. The number of hydrazine groups is 1. The first-order valence-corrected chi connectivity index (χ1v) is 2.76. The van der Waals surface area contributed by atoms with Crippen molar-refractivity contribution in [2.24, 2.45) is 5.73 Å². The molecule has 0 aromatic heterocycles. The molecule has 0 aliphatic carbocycles. The van der Waals surface area contributed by atoms with Crippen molar-refractivity contribution in [3.63, 3.8) is 0 Å². The van der Waals surface area contributed by atoms with Crippen molar-refractivity contribution in [3.05, 3.63) is 10.1 Å². The minimum absolute atomic E-state index is 0.382. The molecule has 9 heavy (non-hydrogen) atoms. The second-order valence-electron chi connectivity index (χ2n) is 1.18. The van der Waals surface area contributed by atoms with Crippen LogP contribution in [0.1, 0.15) is 13.8 Å². The van der Waals surface area contributed by atoms with Crippen LogP contribution < -0.4 is 11.2 Å². The highest BCUT2D eigenvalue weighted by Gasteiger charge is 1.80. The van der Waals surface area contributed by atoms with Crippen molar-refractivity contribution < 1.29 is 5.03 Å². The first kappa shape index (κ1) is 11.0. The smallest absolute Gasteiger partial charge is 0.157 e. The quantitative estimate of drug-likeness (QED) is 0.404. The van der Waals surface area contributed by atoms with Crippen molar-refractivity contribution >= 4 is 0 Å². The molecule has 5 nitrogen and oxygen atoms in total. The van der Waals surface area contributed by atoms with Crippen LogP contribution in [0.25, 0.3) is 0 Å². The molecule has 0 saturated heterocycles. The van der Waals surface area contributed by atoms with Gasteiger partial charge in [-0.05, 0) is 13.5 Å². The number of nitrogens with one attached hydrogen (secondary N) is 1. The zero-order chi connectivity index (χ0) is 7.70. The van der Waals surface area contributed by atoms with Crippen LogP contribution in [0.5, 0.6) is 0 Å². The number of nitrogens with two attached hydrogens (primary N) is 1. The Morgan fingerprint density at radius 2 is 2.00 bits per heavy atom. The van der Waals surface area contributed by atoms with Crippen LogP contribution in [-0.2, 0) is 0 Å². The second-order valence-corrected chi connectivity index (χ2v) is 1.18. The molecule has 0 spiro atoms. The molecule has 5 heteroatoms. The fourth-order valence-electron chi connectivity index (χ4n) is 0.129. The monoisotopic (exact) mass is 135 g/mol. The Balaban J connectivity index is 0. The van der Waals surface area contributed by atoms with Gasteiger partial charge in [0.25, 0.3) is 0 Å². The Bertz CT molecular complexity index is 66.8. The van der Waals surface area contributed by atoms with Crippen LogP contribution in [0.4, 0.5) is 0 Å². The molecule has 0 amide bonds. The molecular weight excluding hydrogens is 122 g/mol. The van der Waals surface area contributed by atoms with E-state index in [4.69, 9.17) is 5.73 Å². The Morgan fingerprint density at radius 3 is 2.00 bits per heavy atom. The molecular formula is C4H13N3O2. The summed E-state index contributed by atoms with van der Waals surface area (Å²) in [5.74, 6) is 0. The molecule has 0 unspecified atom stereocenters. The molecule has 0 radical (unpaired) electrons. The summed E-state index contributed by atoms with van der Waals surface area (Å²) in [6.45, 7) is 4.70. The lowest BCUT2D eigenvalue weighted by Crippen LogP contribution is -2.19. The van der Waals surface area contributed by atoms with E-state index in [0.29, 0.717) is 6.54 Å². The largest absolute Gasteiger partial charge is 0.331 e. The van der Waals surface area contributed by atoms with E-state index in [-0.39, 0.29) is 0 Å². The molecule has 0 aromatic rings. The fourth-order valence-corrected chi connectivity index (χ4v) is 0.129. The average molecular weight is 135 g/mol. The molecule has 56 valence electrons. The van der Waals surface area contributed by atoms with Gasteiger partial charge in [-0.1, -0.05) is 6.92 Å². The summed E-state index contributed by atoms with van der Waals surface area (Å²) in [5, 5.41) is 8.72. The van der Waals surface area contributed by atoms with Crippen molar-refractivity contribution in [1.82, 2.24) is 5.43 Å².